The number of hydrogen-bond acceptors (Lipinski definition) is 3. The number of quaternary nitrogens is 1. The molecule has 4 nitrogen and oxygen atoms in total. The first kappa shape index (κ1) is 18.0. The van der Waals surface area contributed by atoms with Gasteiger partial charge in [0.05, 0.1) is 13.1 Å². The fourth-order valence-electron chi connectivity index (χ4n) is 4.99. The maximum atomic E-state index is 5.96. The van der Waals surface area contributed by atoms with Gasteiger partial charge in [-0.15, -0.1) is 11.3 Å². The zero-order valence-corrected chi connectivity index (χ0v) is 18.2. The second-order valence-electron chi connectivity index (χ2n) is 8.92. The molecule has 1 unspecified atom stereocenters. The van der Waals surface area contributed by atoms with Gasteiger partial charge in [0, 0.05) is 28.7 Å². The molecule has 2 saturated carbocycles. The van der Waals surface area contributed by atoms with Gasteiger partial charge in [-0.25, -0.2) is 0 Å². The summed E-state index contributed by atoms with van der Waals surface area (Å²) in [4.78, 5) is 3.27. The maximum Gasteiger partial charge on any atom is 0.203 e. The Morgan fingerprint density at radius 2 is 1.93 bits per heavy atom. The molecule has 0 spiro atoms. The molecular weight excluding hydrogens is 396 g/mol. The molecule has 3 aliphatic rings. The fourth-order valence-corrected chi connectivity index (χ4v) is 6.18. The SMILES string of the molecule is S=c1n(C[NH+]2CCc3sccc3[C@@H]2C2CC2)nc(C2CC2)n1Cc1ccccc1. The number of thiophene rings is 1. The van der Waals surface area contributed by atoms with Gasteiger partial charge in [-0.1, -0.05) is 30.3 Å². The molecule has 2 fully saturated rings. The lowest BCUT2D eigenvalue weighted by molar-refractivity contribution is -0.958. The van der Waals surface area contributed by atoms with Crippen LogP contribution in [0, 0.1) is 10.7 Å². The highest BCUT2D eigenvalue weighted by molar-refractivity contribution is 7.71. The summed E-state index contributed by atoms with van der Waals surface area (Å²) >= 11 is 7.91. The van der Waals surface area contributed by atoms with Crippen LogP contribution in [0.25, 0.3) is 0 Å². The lowest BCUT2D eigenvalue weighted by Gasteiger charge is -2.32. The highest BCUT2D eigenvalue weighted by Crippen LogP contribution is 2.43. The quantitative estimate of drug-likeness (QED) is 0.608. The highest BCUT2D eigenvalue weighted by Gasteiger charge is 2.43. The van der Waals surface area contributed by atoms with Crippen molar-refractivity contribution in [3.63, 3.8) is 0 Å². The van der Waals surface area contributed by atoms with Crippen molar-refractivity contribution >= 4 is 23.6 Å². The monoisotopic (exact) mass is 423 g/mol. The van der Waals surface area contributed by atoms with E-state index in [1.54, 1.807) is 15.3 Å². The Kier molecular flexibility index (Phi) is 4.47. The molecule has 150 valence electrons. The Labute approximate surface area is 180 Å². The van der Waals surface area contributed by atoms with Crippen molar-refractivity contribution in [1.29, 1.82) is 0 Å². The van der Waals surface area contributed by atoms with E-state index in [0.717, 1.165) is 23.9 Å². The van der Waals surface area contributed by atoms with E-state index in [4.69, 9.17) is 17.3 Å². The van der Waals surface area contributed by atoms with Gasteiger partial charge in [0.2, 0.25) is 4.77 Å². The Hall–Kier alpha value is -1.76. The average Bonchev–Trinajstić information content (AvgIpc) is 3.67. The van der Waals surface area contributed by atoms with E-state index in [1.807, 2.05) is 11.3 Å². The first-order valence-corrected chi connectivity index (χ1v) is 12.2. The Morgan fingerprint density at radius 1 is 1.10 bits per heavy atom. The average molecular weight is 424 g/mol. The molecule has 0 amide bonds. The van der Waals surface area contributed by atoms with Crippen molar-refractivity contribution in [2.45, 2.75) is 57.3 Å². The minimum absolute atomic E-state index is 0.598. The van der Waals surface area contributed by atoms with Crippen LogP contribution >= 0.6 is 23.6 Å². The molecule has 2 aromatic heterocycles. The number of aromatic nitrogens is 3. The first-order valence-electron chi connectivity index (χ1n) is 10.9. The van der Waals surface area contributed by atoms with Crippen molar-refractivity contribution in [2.24, 2.45) is 5.92 Å². The summed E-state index contributed by atoms with van der Waals surface area (Å²) in [7, 11) is 0. The van der Waals surface area contributed by atoms with Gasteiger partial charge in [-0.2, -0.15) is 9.78 Å². The summed E-state index contributed by atoms with van der Waals surface area (Å²) in [6.45, 7) is 2.93. The summed E-state index contributed by atoms with van der Waals surface area (Å²) in [6.07, 6.45) is 6.45. The van der Waals surface area contributed by atoms with Crippen molar-refractivity contribution in [2.75, 3.05) is 6.54 Å². The van der Waals surface area contributed by atoms with Gasteiger partial charge in [0.15, 0.2) is 6.67 Å². The summed E-state index contributed by atoms with van der Waals surface area (Å²) in [5.41, 5.74) is 2.91. The van der Waals surface area contributed by atoms with Gasteiger partial charge in [0.25, 0.3) is 0 Å². The molecule has 2 atom stereocenters. The van der Waals surface area contributed by atoms with E-state index in [1.165, 1.54) is 50.0 Å². The molecule has 2 aliphatic carbocycles. The molecule has 3 aromatic rings. The molecule has 1 aliphatic heterocycles. The van der Waals surface area contributed by atoms with E-state index < -0.39 is 0 Å². The minimum atomic E-state index is 0.598. The molecule has 6 rings (SSSR count). The number of hydrogen-bond donors (Lipinski definition) is 1. The number of rotatable bonds is 6. The maximum absolute atomic E-state index is 5.96. The van der Waals surface area contributed by atoms with E-state index in [0.29, 0.717) is 12.0 Å². The Balaban J connectivity index is 1.32. The van der Waals surface area contributed by atoms with Crippen molar-refractivity contribution in [3.05, 3.63) is 68.4 Å². The van der Waals surface area contributed by atoms with Crippen LogP contribution in [-0.2, 0) is 19.6 Å². The van der Waals surface area contributed by atoms with Gasteiger partial charge in [-0.3, -0.25) is 4.57 Å². The topological polar surface area (TPSA) is 27.2 Å². The van der Waals surface area contributed by atoms with Crippen LogP contribution in [0.3, 0.4) is 0 Å². The van der Waals surface area contributed by atoms with Crippen LogP contribution < -0.4 is 4.90 Å². The molecule has 0 bridgehead atoms. The van der Waals surface area contributed by atoms with E-state index in [2.05, 4.69) is 51.0 Å². The van der Waals surface area contributed by atoms with Crippen LogP contribution in [0.1, 0.15) is 59.5 Å². The fraction of sp³-hybridized carbons (Fsp3) is 0.478. The number of nitrogens with zero attached hydrogens (tertiary/aromatic N) is 3. The van der Waals surface area contributed by atoms with Crippen molar-refractivity contribution in [3.8, 4) is 0 Å². The third-order valence-corrected chi connectivity index (χ3v) is 8.18. The lowest BCUT2D eigenvalue weighted by atomic mass is 9.96. The lowest BCUT2D eigenvalue weighted by Crippen LogP contribution is -3.13. The molecule has 1 aromatic carbocycles. The normalized spacial score (nSPS) is 23.9. The summed E-state index contributed by atoms with van der Waals surface area (Å²) in [5, 5.41) is 7.36. The minimum Gasteiger partial charge on any atom is -0.310 e. The van der Waals surface area contributed by atoms with Crippen molar-refractivity contribution in [1.82, 2.24) is 14.3 Å². The van der Waals surface area contributed by atoms with Crippen molar-refractivity contribution < 1.29 is 4.90 Å². The second-order valence-corrected chi connectivity index (χ2v) is 10.3. The van der Waals surface area contributed by atoms with Crippen LogP contribution in [0.4, 0.5) is 0 Å². The summed E-state index contributed by atoms with van der Waals surface area (Å²) < 4.78 is 5.34. The molecule has 3 heterocycles. The molecule has 0 saturated heterocycles. The van der Waals surface area contributed by atoms with E-state index >= 15 is 0 Å². The predicted octanol–water partition coefficient (Wildman–Crippen LogP) is 3.95. The number of fused-ring (bicyclic) bond motifs is 1. The van der Waals surface area contributed by atoms with Gasteiger partial charge in [-0.05, 0) is 54.9 Å². The van der Waals surface area contributed by atoms with Gasteiger partial charge in [0.1, 0.15) is 11.9 Å². The molecule has 0 radical (unpaired) electrons. The van der Waals surface area contributed by atoms with Gasteiger partial charge < -0.3 is 4.90 Å². The highest BCUT2D eigenvalue weighted by atomic mass is 32.1. The molecule has 6 heteroatoms. The third kappa shape index (κ3) is 3.41. The largest absolute Gasteiger partial charge is 0.310 e. The molecule has 29 heavy (non-hydrogen) atoms. The number of benzene rings is 1. The predicted molar refractivity (Wildman–Crippen MR) is 118 cm³/mol. The van der Waals surface area contributed by atoms with Crippen LogP contribution in [0.5, 0.6) is 0 Å². The Bertz CT molecular complexity index is 1070. The number of nitrogens with one attached hydrogen (secondary N) is 1. The van der Waals surface area contributed by atoms with E-state index in [-0.39, 0.29) is 0 Å². The molecular formula is C23H27N4S2+. The summed E-state index contributed by atoms with van der Waals surface area (Å²) in [6, 6.07) is 13.7. The van der Waals surface area contributed by atoms with Gasteiger partial charge >= 0.3 is 0 Å². The smallest absolute Gasteiger partial charge is 0.203 e. The van der Waals surface area contributed by atoms with Crippen LogP contribution in [-0.4, -0.2) is 20.9 Å². The van der Waals surface area contributed by atoms with Crippen LogP contribution in [0.2, 0.25) is 0 Å². The third-order valence-electron chi connectivity index (χ3n) is 6.75. The van der Waals surface area contributed by atoms with Crippen LogP contribution in [0.15, 0.2) is 41.8 Å². The zero-order chi connectivity index (χ0) is 19.4. The molecule has 1 N–H and O–H groups in total. The van der Waals surface area contributed by atoms with E-state index in [9.17, 15) is 0 Å². The Morgan fingerprint density at radius 3 is 2.69 bits per heavy atom. The zero-order valence-electron chi connectivity index (χ0n) is 16.6. The summed E-state index contributed by atoms with van der Waals surface area (Å²) in [5.74, 6) is 2.65. The second kappa shape index (κ2) is 7.18. The first-order chi connectivity index (χ1) is 14.3. The standard InChI is InChI=1S/C23H26N4S2/c28-23-26(14-16-4-2-1-3-5-16)22(18-8-9-18)24-27(23)15-25-12-10-20-19(11-13-29-20)21(25)17-6-7-17/h1-5,11,13,17-18,21H,6-10,12,14-15H2/p+1/t21-/m0/s1.